The van der Waals surface area contributed by atoms with Crippen LogP contribution in [0.1, 0.15) is 74.3 Å². The molecule has 3 saturated carbocycles. The minimum atomic E-state index is -1.01. The first-order chi connectivity index (χ1) is 14.8. The lowest BCUT2D eigenvalue weighted by molar-refractivity contribution is -0.134. The van der Waals surface area contributed by atoms with Crippen molar-refractivity contribution < 1.29 is 27.9 Å². The van der Waals surface area contributed by atoms with Crippen molar-refractivity contribution in [2.75, 3.05) is 6.61 Å². The van der Waals surface area contributed by atoms with Gasteiger partial charge in [-0.3, -0.25) is 14.9 Å². The lowest BCUT2D eigenvalue weighted by Crippen LogP contribution is -2.45. The second-order valence-corrected chi connectivity index (χ2v) is 9.72. The van der Waals surface area contributed by atoms with Crippen LogP contribution >= 0.6 is 0 Å². The van der Waals surface area contributed by atoms with Crippen LogP contribution in [0.25, 0.3) is 0 Å². The summed E-state index contributed by atoms with van der Waals surface area (Å²) in [4.78, 5) is 35.3. The normalized spacial score (nSPS) is 29.0. The van der Waals surface area contributed by atoms with E-state index in [2.05, 4.69) is 10.6 Å². The zero-order chi connectivity index (χ0) is 21.8. The first-order valence-electron chi connectivity index (χ1n) is 11.1. The fourth-order valence-corrected chi connectivity index (χ4v) is 5.60. The molecule has 1 saturated heterocycles. The van der Waals surface area contributed by atoms with Crippen molar-refractivity contribution >= 4 is 17.9 Å². The molecule has 0 radical (unpaired) electrons. The van der Waals surface area contributed by atoms with Crippen LogP contribution in [0.5, 0.6) is 0 Å². The minimum absolute atomic E-state index is 0.0512. The van der Waals surface area contributed by atoms with Gasteiger partial charge in [0.05, 0.1) is 12.5 Å². The molecular weight excluding hydrogens is 406 g/mol. The van der Waals surface area contributed by atoms with Gasteiger partial charge in [-0.05, 0) is 67.6 Å². The molecule has 6 nitrogen and oxygen atoms in total. The number of hydrogen-bond donors (Lipinski definition) is 2. The molecule has 1 spiro atoms. The Bertz CT molecular complexity index is 914. The minimum Gasteiger partial charge on any atom is -0.449 e. The maximum Gasteiger partial charge on any atom is 0.407 e. The second kappa shape index (κ2) is 7.57. The largest absolute Gasteiger partial charge is 0.449 e. The highest BCUT2D eigenvalue weighted by atomic mass is 19.1. The number of piperidine rings is 1. The molecule has 1 unspecified atom stereocenters. The smallest absolute Gasteiger partial charge is 0.407 e. The molecule has 166 valence electrons. The van der Waals surface area contributed by atoms with Gasteiger partial charge < -0.3 is 10.1 Å². The summed E-state index contributed by atoms with van der Waals surface area (Å²) in [5.41, 5.74) is 0.686. The molecule has 5 rings (SSSR count). The Balaban J connectivity index is 1.14. The van der Waals surface area contributed by atoms with Gasteiger partial charge in [0.15, 0.2) is 0 Å². The van der Waals surface area contributed by atoms with Gasteiger partial charge in [-0.1, -0.05) is 6.42 Å². The average Bonchev–Trinajstić information content (AvgIpc) is 3.39. The van der Waals surface area contributed by atoms with E-state index in [4.69, 9.17) is 4.74 Å². The number of benzene rings is 1. The van der Waals surface area contributed by atoms with Gasteiger partial charge in [-0.2, -0.15) is 0 Å². The maximum atomic E-state index is 14.7. The molecule has 3 amide bonds. The zero-order valence-electron chi connectivity index (χ0n) is 17.2. The van der Waals surface area contributed by atoms with Crippen LogP contribution in [0, 0.1) is 23.0 Å². The summed E-state index contributed by atoms with van der Waals surface area (Å²) < 4.78 is 34.7. The summed E-state index contributed by atoms with van der Waals surface area (Å²) in [6, 6.07) is 2.24. The fraction of sp³-hybridized carbons (Fsp3) is 0.609. The van der Waals surface area contributed by atoms with E-state index < -0.39 is 35.5 Å². The van der Waals surface area contributed by atoms with Gasteiger partial charge in [0, 0.05) is 23.9 Å². The maximum absolute atomic E-state index is 14.7. The Hall–Kier alpha value is -2.51. The van der Waals surface area contributed by atoms with Crippen LogP contribution in [0.2, 0.25) is 0 Å². The summed E-state index contributed by atoms with van der Waals surface area (Å²) in [5.74, 6) is -3.46. The third kappa shape index (κ3) is 3.92. The molecule has 4 aliphatic rings. The summed E-state index contributed by atoms with van der Waals surface area (Å²) >= 11 is 0. The van der Waals surface area contributed by atoms with Crippen LogP contribution in [-0.2, 0) is 14.3 Å². The summed E-state index contributed by atoms with van der Waals surface area (Å²) in [7, 11) is 0. The molecule has 2 N–H and O–H groups in total. The van der Waals surface area contributed by atoms with Crippen LogP contribution in [0.3, 0.4) is 0 Å². The highest BCUT2D eigenvalue weighted by molar-refractivity contribution is 6.01. The fourth-order valence-electron chi connectivity index (χ4n) is 5.60. The van der Waals surface area contributed by atoms with E-state index in [0.717, 1.165) is 12.8 Å². The van der Waals surface area contributed by atoms with Gasteiger partial charge in [0.25, 0.3) is 0 Å². The third-order valence-electron chi connectivity index (χ3n) is 7.52. The molecule has 0 aromatic heterocycles. The molecule has 3 atom stereocenters. The third-order valence-corrected chi connectivity index (χ3v) is 7.52. The predicted octanol–water partition coefficient (Wildman–Crippen LogP) is 3.65. The first kappa shape index (κ1) is 20.4. The van der Waals surface area contributed by atoms with Crippen molar-refractivity contribution in [3.05, 3.63) is 34.9 Å². The van der Waals surface area contributed by atoms with Crippen LogP contribution in [0.4, 0.5) is 13.6 Å². The standard InChI is InChI=1S/C23H26F2N2O4/c24-16-6-13(7-17(25)20(16)14-2-3-19(28)27-21(14)29)15-8-18(15)26-22(30)31-11-12-9-23(10-12)4-1-5-23/h6-7,12,14-15,18H,1-5,8-11H2,(H,26,30)(H,27,28,29)/t14?,15-,18+/m0/s1. The number of rotatable bonds is 5. The Morgan fingerprint density at radius 1 is 1.19 bits per heavy atom. The van der Waals surface area contributed by atoms with Crippen molar-refractivity contribution in [1.82, 2.24) is 10.6 Å². The Kier molecular flexibility index (Phi) is 4.98. The number of amides is 3. The molecule has 0 bridgehead atoms. The first-order valence-corrected chi connectivity index (χ1v) is 11.1. The van der Waals surface area contributed by atoms with Crippen molar-refractivity contribution in [3.8, 4) is 0 Å². The molecule has 1 aromatic rings. The van der Waals surface area contributed by atoms with E-state index in [9.17, 15) is 23.2 Å². The molecular formula is C23H26F2N2O4. The van der Waals surface area contributed by atoms with E-state index in [1.165, 1.54) is 31.4 Å². The predicted molar refractivity (Wildman–Crippen MR) is 106 cm³/mol. The second-order valence-electron chi connectivity index (χ2n) is 9.72. The molecule has 1 heterocycles. The summed E-state index contributed by atoms with van der Waals surface area (Å²) in [6.45, 7) is 0.425. The van der Waals surface area contributed by atoms with E-state index >= 15 is 0 Å². The van der Waals surface area contributed by atoms with Crippen molar-refractivity contribution in [3.63, 3.8) is 0 Å². The van der Waals surface area contributed by atoms with Crippen molar-refractivity contribution in [2.24, 2.45) is 11.3 Å². The SMILES string of the molecule is O=C1CCC(c2c(F)cc([C@@H]3C[C@H]3NC(=O)OCC3CC4(CCC4)C3)cc2F)C(=O)N1. The summed E-state index contributed by atoms with van der Waals surface area (Å²) in [6.07, 6.45) is 6.43. The Labute approximate surface area is 179 Å². The monoisotopic (exact) mass is 432 g/mol. The number of carbonyl (C=O) groups excluding carboxylic acids is 3. The molecule has 3 aliphatic carbocycles. The van der Waals surface area contributed by atoms with Gasteiger partial charge >= 0.3 is 6.09 Å². The lowest BCUT2D eigenvalue weighted by atomic mass is 9.52. The number of imide groups is 1. The quantitative estimate of drug-likeness (QED) is 0.696. The van der Waals surface area contributed by atoms with E-state index in [0.29, 0.717) is 29.9 Å². The molecule has 31 heavy (non-hydrogen) atoms. The highest BCUT2D eigenvalue weighted by Gasteiger charge is 2.48. The number of ether oxygens (including phenoxy) is 1. The van der Waals surface area contributed by atoms with E-state index in [1.54, 1.807) is 0 Å². The number of hydrogen-bond acceptors (Lipinski definition) is 4. The van der Waals surface area contributed by atoms with Gasteiger partial charge in [-0.25, -0.2) is 13.6 Å². The summed E-state index contributed by atoms with van der Waals surface area (Å²) in [5, 5.41) is 4.90. The van der Waals surface area contributed by atoms with Gasteiger partial charge in [0.1, 0.15) is 11.6 Å². The number of carbonyl (C=O) groups is 3. The number of alkyl carbamates (subject to hydrolysis) is 1. The Morgan fingerprint density at radius 3 is 2.52 bits per heavy atom. The molecule has 8 heteroatoms. The van der Waals surface area contributed by atoms with E-state index in [-0.39, 0.29) is 30.4 Å². The number of nitrogens with one attached hydrogen (secondary N) is 2. The van der Waals surface area contributed by atoms with Gasteiger partial charge in [-0.15, -0.1) is 0 Å². The van der Waals surface area contributed by atoms with Crippen LogP contribution in [0.15, 0.2) is 12.1 Å². The van der Waals surface area contributed by atoms with Crippen LogP contribution in [-0.4, -0.2) is 30.6 Å². The molecule has 1 aliphatic heterocycles. The van der Waals surface area contributed by atoms with Crippen molar-refractivity contribution in [2.45, 2.75) is 69.2 Å². The molecule has 4 fully saturated rings. The molecule has 1 aromatic carbocycles. The van der Waals surface area contributed by atoms with Crippen molar-refractivity contribution in [1.29, 1.82) is 0 Å². The zero-order valence-corrected chi connectivity index (χ0v) is 17.2. The average molecular weight is 432 g/mol. The van der Waals surface area contributed by atoms with Crippen LogP contribution < -0.4 is 10.6 Å². The van der Waals surface area contributed by atoms with E-state index in [1.807, 2.05) is 0 Å². The lowest BCUT2D eigenvalue weighted by Gasteiger charge is -2.54. The highest BCUT2D eigenvalue weighted by Crippen LogP contribution is 2.58. The van der Waals surface area contributed by atoms with Gasteiger partial charge in [0.2, 0.25) is 11.8 Å². The number of halogens is 2. The topological polar surface area (TPSA) is 84.5 Å². The Morgan fingerprint density at radius 2 is 1.90 bits per heavy atom.